The molecule has 0 spiro atoms. The van der Waals surface area contributed by atoms with Gasteiger partial charge in [-0.3, -0.25) is 4.90 Å². The number of nitrogens with zero attached hydrogens (tertiary/aromatic N) is 2. The second kappa shape index (κ2) is 10.3. The van der Waals surface area contributed by atoms with E-state index in [1.54, 1.807) is 11.1 Å². The molecule has 2 aliphatic rings. The fourth-order valence-corrected chi connectivity index (χ4v) is 5.34. The summed E-state index contributed by atoms with van der Waals surface area (Å²) < 4.78 is 0. The van der Waals surface area contributed by atoms with Crippen LogP contribution in [0.3, 0.4) is 0 Å². The van der Waals surface area contributed by atoms with Gasteiger partial charge in [0.25, 0.3) is 0 Å². The third-order valence-electron chi connectivity index (χ3n) is 7.10. The molecule has 2 aliphatic heterocycles. The summed E-state index contributed by atoms with van der Waals surface area (Å²) in [5.41, 5.74) is 8.86. The molecule has 2 heterocycles. The van der Waals surface area contributed by atoms with Gasteiger partial charge in [-0.15, -0.1) is 0 Å². The first-order valence-corrected chi connectivity index (χ1v) is 12.2. The number of hydrogen-bond donors (Lipinski definition) is 0. The third-order valence-corrected chi connectivity index (χ3v) is 7.10. The summed E-state index contributed by atoms with van der Waals surface area (Å²) in [6.07, 6.45) is 4.83. The average Bonchev–Trinajstić information content (AvgIpc) is 2.86. The van der Waals surface area contributed by atoms with Crippen molar-refractivity contribution in [3.8, 4) is 0 Å². The van der Waals surface area contributed by atoms with E-state index in [4.69, 9.17) is 0 Å². The monoisotopic (exact) mass is 422 g/mol. The predicted molar refractivity (Wildman–Crippen MR) is 135 cm³/mol. The van der Waals surface area contributed by atoms with Gasteiger partial charge in [0.2, 0.25) is 0 Å². The summed E-state index contributed by atoms with van der Waals surface area (Å²) in [5.74, 6) is 0. The molecular weight excluding hydrogens is 388 g/mol. The maximum Gasteiger partial charge on any atom is 0.0236 e. The molecule has 1 saturated heterocycles. The number of hydrogen-bond acceptors (Lipinski definition) is 2. The van der Waals surface area contributed by atoms with Crippen molar-refractivity contribution >= 4 is 5.57 Å². The van der Waals surface area contributed by atoms with Crippen LogP contribution in [0.4, 0.5) is 0 Å². The zero-order chi connectivity index (χ0) is 21.6. The normalized spacial score (nSPS) is 17.2. The SMILES string of the molecule is c1ccc(C(=C2CCN(CCCN3CCc4ccccc4C3)CC2)c2ccccc2)cc1. The van der Waals surface area contributed by atoms with Gasteiger partial charge >= 0.3 is 0 Å². The van der Waals surface area contributed by atoms with Gasteiger partial charge in [0.05, 0.1) is 0 Å². The van der Waals surface area contributed by atoms with E-state index < -0.39 is 0 Å². The van der Waals surface area contributed by atoms with Gasteiger partial charge in [0, 0.05) is 26.2 Å². The molecule has 3 aromatic rings. The molecule has 164 valence electrons. The highest BCUT2D eigenvalue weighted by atomic mass is 15.1. The third kappa shape index (κ3) is 5.03. The van der Waals surface area contributed by atoms with E-state index in [1.807, 2.05) is 0 Å². The van der Waals surface area contributed by atoms with Crippen LogP contribution >= 0.6 is 0 Å². The zero-order valence-corrected chi connectivity index (χ0v) is 19.0. The van der Waals surface area contributed by atoms with E-state index in [2.05, 4.69) is 94.7 Å². The summed E-state index contributed by atoms with van der Waals surface area (Å²) in [6, 6.07) is 30.9. The highest BCUT2D eigenvalue weighted by Crippen LogP contribution is 2.32. The summed E-state index contributed by atoms with van der Waals surface area (Å²) in [5, 5.41) is 0. The molecule has 32 heavy (non-hydrogen) atoms. The maximum absolute atomic E-state index is 2.68. The van der Waals surface area contributed by atoms with Gasteiger partial charge in [0.15, 0.2) is 0 Å². The lowest BCUT2D eigenvalue weighted by Gasteiger charge is -2.32. The molecule has 0 radical (unpaired) electrons. The Hall–Kier alpha value is -2.68. The molecule has 0 bridgehead atoms. The highest BCUT2D eigenvalue weighted by Gasteiger charge is 2.20. The molecule has 0 aromatic heterocycles. The highest BCUT2D eigenvalue weighted by molar-refractivity contribution is 5.82. The van der Waals surface area contributed by atoms with E-state index in [-0.39, 0.29) is 0 Å². The lowest BCUT2D eigenvalue weighted by Crippen LogP contribution is -2.36. The van der Waals surface area contributed by atoms with Gasteiger partial charge in [-0.05, 0) is 66.6 Å². The Kier molecular flexibility index (Phi) is 6.81. The van der Waals surface area contributed by atoms with Crippen LogP contribution in [0.15, 0.2) is 90.5 Å². The number of benzene rings is 3. The van der Waals surface area contributed by atoms with Crippen molar-refractivity contribution in [3.63, 3.8) is 0 Å². The number of likely N-dealkylation sites (tertiary alicyclic amines) is 1. The molecule has 3 aromatic carbocycles. The van der Waals surface area contributed by atoms with Crippen molar-refractivity contribution in [3.05, 3.63) is 113 Å². The first kappa shape index (κ1) is 21.2. The van der Waals surface area contributed by atoms with Crippen molar-refractivity contribution < 1.29 is 0 Å². The van der Waals surface area contributed by atoms with Crippen LogP contribution in [0.5, 0.6) is 0 Å². The van der Waals surface area contributed by atoms with Crippen LogP contribution in [-0.4, -0.2) is 42.5 Å². The molecule has 0 atom stereocenters. The smallest absolute Gasteiger partial charge is 0.0236 e. The van der Waals surface area contributed by atoms with Crippen LogP contribution < -0.4 is 0 Å². The van der Waals surface area contributed by atoms with Crippen molar-refractivity contribution in [2.75, 3.05) is 32.7 Å². The Morgan fingerprint density at radius 1 is 0.562 bits per heavy atom. The Morgan fingerprint density at radius 2 is 1.09 bits per heavy atom. The minimum absolute atomic E-state index is 1.13. The first-order chi connectivity index (χ1) is 15.9. The van der Waals surface area contributed by atoms with Crippen molar-refractivity contribution in [1.29, 1.82) is 0 Å². The topological polar surface area (TPSA) is 6.48 Å². The molecule has 0 saturated carbocycles. The van der Waals surface area contributed by atoms with Crippen molar-refractivity contribution in [2.24, 2.45) is 0 Å². The number of rotatable bonds is 6. The number of piperidine rings is 1. The molecule has 5 rings (SSSR count). The average molecular weight is 423 g/mol. The van der Waals surface area contributed by atoms with Gasteiger partial charge < -0.3 is 4.90 Å². The largest absolute Gasteiger partial charge is 0.303 e. The number of fused-ring (bicyclic) bond motifs is 1. The molecular formula is C30H34N2. The second-order valence-corrected chi connectivity index (χ2v) is 9.20. The Bertz CT molecular complexity index is 987. The fourth-order valence-electron chi connectivity index (χ4n) is 5.34. The lowest BCUT2D eigenvalue weighted by molar-refractivity contribution is 0.209. The van der Waals surface area contributed by atoms with E-state index in [0.29, 0.717) is 0 Å². The van der Waals surface area contributed by atoms with Gasteiger partial charge in [-0.25, -0.2) is 0 Å². The second-order valence-electron chi connectivity index (χ2n) is 9.20. The summed E-state index contributed by atoms with van der Waals surface area (Å²) in [4.78, 5) is 5.32. The van der Waals surface area contributed by atoms with E-state index >= 15 is 0 Å². The Morgan fingerprint density at radius 3 is 1.75 bits per heavy atom. The Labute approximate surface area is 193 Å². The van der Waals surface area contributed by atoms with Gasteiger partial charge in [-0.1, -0.05) is 90.5 Å². The standard InChI is InChI=1S/C30H34N2/c1-3-11-26(12-4-1)30(27-13-5-2-6-14-27)28-17-21-31(22-18-28)19-9-20-32-23-16-25-10-7-8-15-29(25)24-32/h1-8,10-15H,9,16-24H2. The fraction of sp³-hybridized carbons (Fsp3) is 0.333. The molecule has 2 heteroatoms. The first-order valence-electron chi connectivity index (χ1n) is 12.2. The molecule has 0 aliphatic carbocycles. The van der Waals surface area contributed by atoms with Crippen LogP contribution in [0.25, 0.3) is 5.57 Å². The molecule has 2 nitrogen and oxygen atoms in total. The minimum Gasteiger partial charge on any atom is -0.303 e. The zero-order valence-electron chi connectivity index (χ0n) is 19.0. The van der Waals surface area contributed by atoms with Crippen LogP contribution in [0.2, 0.25) is 0 Å². The van der Waals surface area contributed by atoms with Crippen molar-refractivity contribution in [2.45, 2.75) is 32.2 Å². The quantitative estimate of drug-likeness (QED) is 0.478. The van der Waals surface area contributed by atoms with Crippen LogP contribution in [0.1, 0.15) is 41.5 Å². The molecule has 1 fully saturated rings. The van der Waals surface area contributed by atoms with E-state index in [1.165, 1.54) is 80.7 Å². The van der Waals surface area contributed by atoms with Gasteiger partial charge in [0.1, 0.15) is 0 Å². The predicted octanol–water partition coefficient (Wildman–Crippen LogP) is 6.03. The summed E-state index contributed by atoms with van der Waals surface area (Å²) >= 11 is 0. The van der Waals surface area contributed by atoms with E-state index in [9.17, 15) is 0 Å². The van der Waals surface area contributed by atoms with Crippen molar-refractivity contribution in [1.82, 2.24) is 9.80 Å². The van der Waals surface area contributed by atoms with E-state index in [0.717, 1.165) is 6.54 Å². The minimum atomic E-state index is 1.13. The summed E-state index contributed by atoms with van der Waals surface area (Å²) in [6.45, 7) is 7.13. The maximum atomic E-state index is 2.68. The molecule has 0 N–H and O–H groups in total. The van der Waals surface area contributed by atoms with Crippen LogP contribution in [-0.2, 0) is 13.0 Å². The Balaban J connectivity index is 1.18. The lowest BCUT2D eigenvalue weighted by atomic mass is 9.88. The summed E-state index contributed by atoms with van der Waals surface area (Å²) in [7, 11) is 0. The van der Waals surface area contributed by atoms with Crippen LogP contribution in [0, 0.1) is 0 Å². The van der Waals surface area contributed by atoms with Gasteiger partial charge in [-0.2, -0.15) is 0 Å². The molecule has 0 amide bonds. The molecule has 0 unspecified atom stereocenters.